The quantitative estimate of drug-likeness (QED) is 0.927. The summed E-state index contributed by atoms with van der Waals surface area (Å²) in [7, 11) is 0. The molecule has 0 aliphatic carbocycles. The van der Waals surface area contributed by atoms with Crippen LogP contribution in [0.3, 0.4) is 0 Å². The number of hydrogen-bond donors (Lipinski definition) is 1. The highest BCUT2D eigenvalue weighted by atomic mass is 32.1. The Morgan fingerprint density at radius 3 is 3.21 bits per heavy atom. The lowest BCUT2D eigenvalue weighted by Crippen LogP contribution is -2.41. The fourth-order valence-corrected chi connectivity index (χ4v) is 4.27. The zero-order valence-corrected chi connectivity index (χ0v) is 14.2. The number of amides is 1. The van der Waals surface area contributed by atoms with Gasteiger partial charge in [0.15, 0.2) is 0 Å². The first-order chi connectivity index (χ1) is 11.8. The number of fused-ring (bicyclic) bond motifs is 1. The van der Waals surface area contributed by atoms with Crippen molar-refractivity contribution >= 4 is 22.9 Å². The van der Waals surface area contributed by atoms with Crippen LogP contribution in [0.15, 0.2) is 41.4 Å². The van der Waals surface area contributed by atoms with Crippen molar-refractivity contribution in [2.45, 2.75) is 31.6 Å². The van der Waals surface area contributed by atoms with Gasteiger partial charge in [-0.2, -0.15) is 11.3 Å². The summed E-state index contributed by atoms with van der Waals surface area (Å²) in [5.41, 5.74) is 2.09. The molecule has 5 nitrogen and oxygen atoms in total. The standard InChI is InChI=1S/C18H21N3O2S/c22-18(20-15-2-1-5-19-9-15)16-8-14-3-6-21(11-17(14)23-16)10-13-4-7-24-12-13/h1-2,4-5,7,9,12,14,16-17H,3,6,8,10-11H2,(H,20,22)/t14-,16+,17+/m1/s1. The van der Waals surface area contributed by atoms with Gasteiger partial charge in [-0.15, -0.1) is 0 Å². The number of likely N-dealkylation sites (tertiary alicyclic amines) is 1. The van der Waals surface area contributed by atoms with Crippen LogP contribution in [0, 0.1) is 5.92 Å². The van der Waals surface area contributed by atoms with E-state index in [1.165, 1.54) is 5.56 Å². The second-order valence-corrected chi connectivity index (χ2v) is 7.33. The summed E-state index contributed by atoms with van der Waals surface area (Å²) in [4.78, 5) is 18.9. The van der Waals surface area contributed by atoms with Crippen LogP contribution < -0.4 is 5.32 Å². The van der Waals surface area contributed by atoms with Crippen LogP contribution in [0.2, 0.25) is 0 Å². The first-order valence-electron chi connectivity index (χ1n) is 8.38. The van der Waals surface area contributed by atoms with E-state index in [2.05, 4.69) is 32.0 Å². The summed E-state index contributed by atoms with van der Waals surface area (Å²) in [5, 5.41) is 7.22. The Morgan fingerprint density at radius 2 is 2.42 bits per heavy atom. The number of carbonyl (C=O) groups is 1. The monoisotopic (exact) mass is 343 g/mol. The molecule has 0 spiro atoms. The van der Waals surface area contributed by atoms with Crippen LogP contribution in [-0.4, -0.2) is 41.1 Å². The van der Waals surface area contributed by atoms with E-state index < -0.39 is 0 Å². The van der Waals surface area contributed by atoms with Gasteiger partial charge in [0.05, 0.1) is 18.0 Å². The van der Waals surface area contributed by atoms with E-state index in [0.29, 0.717) is 5.92 Å². The topological polar surface area (TPSA) is 54.5 Å². The average Bonchev–Trinajstić information content (AvgIpc) is 3.25. The number of hydrogen-bond acceptors (Lipinski definition) is 5. The first-order valence-corrected chi connectivity index (χ1v) is 9.32. The van der Waals surface area contributed by atoms with E-state index in [1.807, 2.05) is 12.1 Å². The van der Waals surface area contributed by atoms with Gasteiger partial charge in [0.25, 0.3) is 5.91 Å². The van der Waals surface area contributed by atoms with E-state index >= 15 is 0 Å². The van der Waals surface area contributed by atoms with Crippen molar-refractivity contribution in [1.29, 1.82) is 0 Å². The van der Waals surface area contributed by atoms with Crippen molar-refractivity contribution in [3.8, 4) is 0 Å². The molecule has 2 aromatic rings. The van der Waals surface area contributed by atoms with Crippen LogP contribution in [-0.2, 0) is 16.1 Å². The summed E-state index contributed by atoms with van der Waals surface area (Å²) in [6.45, 7) is 2.97. The van der Waals surface area contributed by atoms with Crippen LogP contribution in [0.4, 0.5) is 5.69 Å². The van der Waals surface area contributed by atoms with E-state index in [0.717, 1.165) is 38.2 Å². The third kappa shape index (κ3) is 3.50. The Morgan fingerprint density at radius 1 is 1.46 bits per heavy atom. The molecule has 1 amide bonds. The summed E-state index contributed by atoms with van der Waals surface area (Å²) in [6.07, 6.45) is 5.10. The molecular formula is C18H21N3O2S. The van der Waals surface area contributed by atoms with Gasteiger partial charge in [-0.1, -0.05) is 0 Å². The van der Waals surface area contributed by atoms with Gasteiger partial charge >= 0.3 is 0 Å². The predicted octanol–water partition coefficient (Wildman–Crippen LogP) is 2.76. The Kier molecular flexibility index (Phi) is 4.60. The highest BCUT2D eigenvalue weighted by molar-refractivity contribution is 7.07. The van der Waals surface area contributed by atoms with Crippen molar-refractivity contribution in [3.05, 3.63) is 46.9 Å². The van der Waals surface area contributed by atoms with Crippen molar-refractivity contribution < 1.29 is 9.53 Å². The van der Waals surface area contributed by atoms with Gasteiger partial charge in [0.2, 0.25) is 0 Å². The third-order valence-corrected chi connectivity index (χ3v) is 5.58. The fourth-order valence-electron chi connectivity index (χ4n) is 3.61. The second kappa shape index (κ2) is 7.01. The zero-order valence-electron chi connectivity index (χ0n) is 13.4. The molecule has 0 aromatic carbocycles. The third-order valence-electron chi connectivity index (χ3n) is 4.84. The van der Waals surface area contributed by atoms with Crippen molar-refractivity contribution in [1.82, 2.24) is 9.88 Å². The smallest absolute Gasteiger partial charge is 0.253 e. The SMILES string of the molecule is O=C(Nc1cccnc1)[C@@H]1C[C@H]2CCN(Cc3ccsc3)C[C@@H]2O1. The number of rotatable bonds is 4. The molecule has 0 bridgehead atoms. The van der Waals surface area contributed by atoms with Crippen molar-refractivity contribution in [3.63, 3.8) is 0 Å². The number of nitrogens with zero attached hydrogens (tertiary/aromatic N) is 2. The molecule has 2 aromatic heterocycles. The van der Waals surface area contributed by atoms with E-state index in [1.54, 1.807) is 23.7 Å². The molecule has 4 heterocycles. The van der Waals surface area contributed by atoms with Crippen molar-refractivity contribution in [2.24, 2.45) is 5.92 Å². The lowest BCUT2D eigenvalue weighted by Gasteiger charge is -2.33. The molecular weight excluding hydrogens is 322 g/mol. The minimum absolute atomic E-state index is 0.0539. The maximum atomic E-state index is 12.4. The maximum absolute atomic E-state index is 12.4. The molecule has 6 heteroatoms. The molecule has 2 fully saturated rings. The second-order valence-electron chi connectivity index (χ2n) is 6.55. The molecule has 4 rings (SSSR count). The molecule has 1 N–H and O–H groups in total. The predicted molar refractivity (Wildman–Crippen MR) is 93.8 cm³/mol. The molecule has 0 unspecified atom stereocenters. The molecule has 0 radical (unpaired) electrons. The minimum Gasteiger partial charge on any atom is -0.364 e. The molecule has 126 valence electrons. The van der Waals surface area contributed by atoms with E-state index in [4.69, 9.17) is 4.74 Å². The number of piperidine rings is 1. The summed E-state index contributed by atoms with van der Waals surface area (Å²) in [6, 6.07) is 5.83. The Labute approximate surface area is 145 Å². The molecule has 24 heavy (non-hydrogen) atoms. The highest BCUT2D eigenvalue weighted by Crippen LogP contribution is 2.34. The van der Waals surface area contributed by atoms with Gasteiger partial charge in [-0.25, -0.2) is 0 Å². The Balaban J connectivity index is 1.33. The van der Waals surface area contributed by atoms with Crippen LogP contribution in [0.1, 0.15) is 18.4 Å². The van der Waals surface area contributed by atoms with Crippen LogP contribution in [0.5, 0.6) is 0 Å². The number of nitrogens with one attached hydrogen (secondary N) is 1. The van der Waals surface area contributed by atoms with Gasteiger partial charge in [-0.3, -0.25) is 14.7 Å². The van der Waals surface area contributed by atoms with E-state index in [-0.39, 0.29) is 18.1 Å². The lowest BCUT2D eigenvalue weighted by molar-refractivity contribution is -0.127. The van der Waals surface area contributed by atoms with Gasteiger partial charge in [0, 0.05) is 19.3 Å². The fraction of sp³-hybridized carbons (Fsp3) is 0.444. The van der Waals surface area contributed by atoms with Crippen molar-refractivity contribution in [2.75, 3.05) is 18.4 Å². The number of thiophene rings is 1. The normalized spacial score (nSPS) is 26.9. The summed E-state index contributed by atoms with van der Waals surface area (Å²) < 4.78 is 6.08. The van der Waals surface area contributed by atoms with E-state index in [9.17, 15) is 4.79 Å². The van der Waals surface area contributed by atoms with Gasteiger partial charge in [-0.05, 0) is 59.8 Å². The number of pyridine rings is 1. The average molecular weight is 343 g/mol. The molecule has 0 saturated carbocycles. The number of ether oxygens (including phenoxy) is 1. The number of aromatic nitrogens is 1. The first kappa shape index (κ1) is 15.7. The molecule has 2 aliphatic heterocycles. The largest absolute Gasteiger partial charge is 0.364 e. The van der Waals surface area contributed by atoms with Gasteiger partial charge < -0.3 is 10.1 Å². The minimum atomic E-state index is -0.346. The Bertz CT molecular complexity index is 677. The number of carbonyl (C=O) groups excluding carboxylic acids is 1. The molecule has 3 atom stereocenters. The zero-order chi connectivity index (χ0) is 16.4. The van der Waals surface area contributed by atoms with Gasteiger partial charge in [0.1, 0.15) is 6.10 Å². The lowest BCUT2D eigenvalue weighted by atomic mass is 9.91. The van der Waals surface area contributed by atoms with Crippen LogP contribution >= 0.6 is 11.3 Å². The maximum Gasteiger partial charge on any atom is 0.253 e. The van der Waals surface area contributed by atoms with Crippen LogP contribution in [0.25, 0.3) is 0 Å². The molecule has 2 saturated heterocycles. The molecule has 2 aliphatic rings. The number of anilines is 1. The summed E-state index contributed by atoms with van der Waals surface area (Å²) in [5.74, 6) is 0.440. The summed E-state index contributed by atoms with van der Waals surface area (Å²) >= 11 is 1.74. The Hall–Kier alpha value is -1.76. The highest BCUT2D eigenvalue weighted by Gasteiger charge is 2.41.